The highest BCUT2D eigenvalue weighted by molar-refractivity contribution is 5.91. The first-order valence-electron chi connectivity index (χ1n) is 13.9. The number of ether oxygens (including phenoxy) is 1. The largest absolute Gasteiger partial charge is 0.504 e. The van der Waals surface area contributed by atoms with Crippen molar-refractivity contribution in [3.63, 3.8) is 0 Å². The lowest BCUT2D eigenvalue weighted by atomic mass is 9.80. The predicted octanol–water partition coefficient (Wildman–Crippen LogP) is 1.02. The van der Waals surface area contributed by atoms with Gasteiger partial charge >= 0.3 is 12.1 Å². The minimum Gasteiger partial charge on any atom is -0.504 e. The fourth-order valence-corrected chi connectivity index (χ4v) is 5.30. The summed E-state index contributed by atoms with van der Waals surface area (Å²) in [6.45, 7) is 5.63. The van der Waals surface area contributed by atoms with E-state index in [1.165, 1.54) is 37.3 Å². The molecule has 0 radical (unpaired) electrons. The first kappa shape index (κ1) is 33.7. The molecule has 0 unspecified atom stereocenters. The first-order chi connectivity index (χ1) is 19.9. The second-order valence-electron chi connectivity index (χ2n) is 10.2. The Bertz CT molecular complexity index is 1170. The number of hydrogen-bond acceptors (Lipinski definition) is 8. The van der Waals surface area contributed by atoms with Crippen molar-refractivity contribution in [3.8, 4) is 11.5 Å². The van der Waals surface area contributed by atoms with Gasteiger partial charge in [-0.05, 0) is 42.5 Å². The van der Waals surface area contributed by atoms with Gasteiger partial charge in [0, 0.05) is 38.0 Å². The van der Waals surface area contributed by atoms with Crippen LogP contribution in [0.4, 0.5) is 4.79 Å². The second kappa shape index (κ2) is 16.1. The van der Waals surface area contributed by atoms with E-state index in [1.807, 2.05) is 13.8 Å². The molecule has 0 saturated heterocycles. The summed E-state index contributed by atoms with van der Waals surface area (Å²) in [4.78, 5) is 53.4. The quantitative estimate of drug-likeness (QED) is 0.0503. The van der Waals surface area contributed by atoms with Gasteiger partial charge in [-0.25, -0.2) is 9.79 Å². The van der Waals surface area contributed by atoms with Crippen molar-refractivity contribution in [3.05, 3.63) is 29.8 Å². The number of benzene rings is 1. The third-order valence-corrected chi connectivity index (χ3v) is 7.28. The lowest BCUT2D eigenvalue weighted by Gasteiger charge is -2.36. The molecule has 42 heavy (non-hydrogen) atoms. The number of phenolic OH excluding ortho intramolecular Hbond substituents is 2. The van der Waals surface area contributed by atoms with Crippen LogP contribution in [-0.2, 0) is 19.1 Å². The van der Waals surface area contributed by atoms with Gasteiger partial charge < -0.3 is 47.5 Å². The van der Waals surface area contributed by atoms with Crippen LogP contribution in [0.25, 0.3) is 6.08 Å². The number of alkyl carbamates (subject to hydrolysis) is 1. The summed E-state index contributed by atoms with van der Waals surface area (Å²) in [6, 6.07) is 2.90. The van der Waals surface area contributed by atoms with Crippen molar-refractivity contribution in [2.75, 3.05) is 13.1 Å². The molecule has 1 aromatic rings. The number of hydrogen-bond donors (Lipinski definition) is 8. The molecule has 232 valence electrons. The van der Waals surface area contributed by atoms with E-state index in [1.54, 1.807) is 0 Å². The lowest BCUT2D eigenvalue weighted by molar-refractivity contribution is -0.145. The van der Waals surface area contributed by atoms with Crippen LogP contribution in [0.3, 0.4) is 0 Å². The SMILES string of the molecule is CCC(CC)[C@H](NC(C)=O)[C@@H]1[C@H](OC(=O)NCCCNC(=O)/C=C/c2ccc(O)c(O)c2)[C@@H](C(=O)O)C[C@H]1N=C(N)N. The van der Waals surface area contributed by atoms with Crippen molar-refractivity contribution in [2.24, 2.45) is 34.2 Å². The highest BCUT2D eigenvalue weighted by Crippen LogP contribution is 2.41. The lowest BCUT2D eigenvalue weighted by Crippen LogP contribution is -2.52. The molecule has 14 heteroatoms. The molecule has 0 aromatic heterocycles. The Kier molecular flexibility index (Phi) is 12.9. The van der Waals surface area contributed by atoms with Crippen LogP contribution >= 0.6 is 0 Å². The van der Waals surface area contributed by atoms with Crippen LogP contribution in [0, 0.1) is 17.8 Å². The van der Waals surface area contributed by atoms with Gasteiger partial charge in [-0.1, -0.05) is 32.8 Å². The summed E-state index contributed by atoms with van der Waals surface area (Å²) in [5.41, 5.74) is 11.8. The van der Waals surface area contributed by atoms with Gasteiger partial charge in [-0.15, -0.1) is 0 Å². The molecule has 1 aromatic carbocycles. The standard InChI is InChI=1S/C28H42N6O8/c1-4-17(5-2)24(33-15(3)35)23-19(34-27(29)30)14-18(26(39)40)25(23)42-28(41)32-12-6-11-31-22(38)10-8-16-7-9-20(36)21(37)13-16/h7-10,13,17-19,23-25,36-37H,4-6,11-12,14H2,1-3H3,(H,31,38)(H,32,41)(H,33,35)(H,39,40)(H4,29,30,34)/b10-8+/t18-,19+,23+,24-,25+/m0/s1. The van der Waals surface area contributed by atoms with E-state index in [4.69, 9.17) is 16.2 Å². The molecule has 0 aliphatic heterocycles. The van der Waals surface area contributed by atoms with E-state index in [0.717, 1.165) is 0 Å². The van der Waals surface area contributed by atoms with Crippen LogP contribution in [-0.4, -0.2) is 76.4 Å². The summed E-state index contributed by atoms with van der Waals surface area (Å²) < 4.78 is 5.67. The van der Waals surface area contributed by atoms with Gasteiger partial charge in [-0.2, -0.15) is 0 Å². The highest BCUT2D eigenvalue weighted by Gasteiger charge is 2.53. The van der Waals surface area contributed by atoms with Crippen LogP contribution in [0.2, 0.25) is 0 Å². The number of aliphatic imine (C=N–C) groups is 1. The predicted molar refractivity (Wildman–Crippen MR) is 155 cm³/mol. The average Bonchev–Trinajstić information content (AvgIpc) is 3.25. The van der Waals surface area contributed by atoms with Crippen LogP contribution in [0.1, 0.15) is 52.0 Å². The number of nitrogens with two attached hydrogens (primary N) is 2. The molecule has 5 atom stereocenters. The summed E-state index contributed by atoms with van der Waals surface area (Å²) in [7, 11) is 0. The van der Waals surface area contributed by atoms with Gasteiger partial charge in [0.05, 0.1) is 12.0 Å². The molecule has 0 spiro atoms. The zero-order valence-corrected chi connectivity index (χ0v) is 24.1. The van der Waals surface area contributed by atoms with Crippen LogP contribution in [0.15, 0.2) is 29.3 Å². The van der Waals surface area contributed by atoms with Gasteiger partial charge in [-0.3, -0.25) is 14.4 Å². The van der Waals surface area contributed by atoms with Crippen molar-refractivity contribution in [2.45, 2.75) is 64.6 Å². The summed E-state index contributed by atoms with van der Waals surface area (Å²) in [5.74, 6) is -4.52. The molecular weight excluding hydrogens is 548 g/mol. The van der Waals surface area contributed by atoms with Gasteiger partial charge in [0.25, 0.3) is 0 Å². The third kappa shape index (κ3) is 9.85. The van der Waals surface area contributed by atoms with Crippen LogP contribution < -0.4 is 27.4 Å². The number of carbonyl (C=O) groups is 4. The second-order valence-corrected chi connectivity index (χ2v) is 10.2. The molecule has 10 N–H and O–H groups in total. The third-order valence-electron chi connectivity index (χ3n) is 7.28. The minimum absolute atomic E-state index is 0.0232. The fraction of sp³-hybridized carbons (Fsp3) is 0.536. The average molecular weight is 591 g/mol. The van der Waals surface area contributed by atoms with E-state index in [0.29, 0.717) is 24.8 Å². The number of phenols is 2. The topological polar surface area (TPSA) is 239 Å². The summed E-state index contributed by atoms with van der Waals surface area (Å²) in [5, 5.41) is 37.0. The monoisotopic (exact) mass is 590 g/mol. The molecule has 1 saturated carbocycles. The minimum atomic E-state index is -1.17. The van der Waals surface area contributed by atoms with Crippen LogP contribution in [0.5, 0.6) is 11.5 Å². The molecule has 0 bridgehead atoms. The molecule has 0 heterocycles. The molecule has 3 amide bonds. The number of aliphatic carboxylic acids is 1. The van der Waals surface area contributed by atoms with E-state index < -0.39 is 48.0 Å². The number of nitrogens with zero attached hydrogens (tertiary/aromatic N) is 1. The van der Waals surface area contributed by atoms with Gasteiger partial charge in [0.2, 0.25) is 11.8 Å². The molecule has 1 aliphatic rings. The molecule has 14 nitrogen and oxygen atoms in total. The number of carbonyl (C=O) groups excluding carboxylic acids is 3. The normalized spacial score (nSPS) is 20.6. The Hall–Kier alpha value is -4.49. The van der Waals surface area contributed by atoms with Gasteiger partial charge in [0.1, 0.15) is 6.10 Å². The number of rotatable bonds is 14. The number of carboxylic acid groups (broad SMARTS) is 1. The number of nitrogens with one attached hydrogen (secondary N) is 3. The smallest absolute Gasteiger partial charge is 0.407 e. The Balaban J connectivity index is 2.03. The van der Waals surface area contributed by atoms with Crippen molar-refractivity contribution < 1.29 is 39.2 Å². The molecule has 2 rings (SSSR count). The summed E-state index contributed by atoms with van der Waals surface area (Å²) >= 11 is 0. The maximum absolute atomic E-state index is 12.8. The van der Waals surface area contributed by atoms with E-state index in [9.17, 15) is 34.5 Å². The van der Waals surface area contributed by atoms with E-state index in [-0.39, 0.29) is 48.8 Å². The Morgan fingerprint density at radius 1 is 1.10 bits per heavy atom. The Morgan fingerprint density at radius 3 is 2.33 bits per heavy atom. The Labute approximate surface area is 244 Å². The Morgan fingerprint density at radius 2 is 1.76 bits per heavy atom. The number of carboxylic acids is 1. The molecule has 1 fully saturated rings. The zero-order valence-electron chi connectivity index (χ0n) is 24.1. The van der Waals surface area contributed by atoms with E-state index in [2.05, 4.69) is 20.9 Å². The van der Waals surface area contributed by atoms with Gasteiger partial charge in [0.15, 0.2) is 17.5 Å². The van der Waals surface area contributed by atoms with Crippen molar-refractivity contribution in [1.29, 1.82) is 0 Å². The molecule has 1 aliphatic carbocycles. The zero-order chi connectivity index (χ0) is 31.4. The number of amides is 3. The fourth-order valence-electron chi connectivity index (χ4n) is 5.30. The summed E-state index contributed by atoms with van der Waals surface area (Å²) in [6.07, 6.45) is 2.51. The van der Waals surface area contributed by atoms with E-state index >= 15 is 0 Å². The first-order valence-corrected chi connectivity index (χ1v) is 13.9. The molecular formula is C28H42N6O8. The van der Waals surface area contributed by atoms with Crippen molar-refractivity contribution >= 4 is 35.9 Å². The van der Waals surface area contributed by atoms with Crippen molar-refractivity contribution in [1.82, 2.24) is 16.0 Å². The maximum atomic E-state index is 12.8. The number of guanidine groups is 1. The highest BCUT2D eigenvalue weighted by atomic mass is 16.6. The maximum Gasteiger partial charge on any atom is 0.407 e. The number of aromatic hydroxyl groups is 2.